The van der Waals surface area contributed by atoms with Gasteiger partial charge in [0.2, 0.25) is 0 Å². The first kappa shape index (κ1) is 15.2. The van der Waals surface area contributed by atoms with Crippen molar-refractivity contribution in [1.29, 1.82) is 0 Å². The van der Waals surface area contributed by atoms with Crippen LogP contribution in [0, 0.1) is 10.1 Å². The summed E-state index contributed by atoms with van der Waals surface area (Å²) in [6.45, 7) is 3.77. The minimum Gasteiger partial charge on any atom is -0.490 e. The standard InChI is InChI=1S/C16H22N2O4/c19-18(20)14-3-7-16(8-4-14)22-15-5-1-13(2-6-15)17-9-11-21-12-10-17/h3-4,7-8,13,15H,1-2,5-6,9-12H2. The van der Waals surface area contributed by atoms with Crippen LogP contribution in [0.5, 0.6) is 5.75 Å². The maximum Gasteiger partial charge on any atom is 0.269 e. The van der Waals surface area contributed by atoms with Crippen molar-refractivity contribution in [1.82, 2.24) is 4.90 Å². The topological polar surface area (TPSA) is 64.8 Å². The van der Waals surface area contributed by atoms with E-state index in [-0.39, 0.29) is 11.8 Å². The molecule has 0 spiro atoms. The Morgan fingerprint density at radius 1 is 1.09 bits per heavy atom. The Kier molecular flexibility index (Phi) is 4.90. The van der Waals surface area contributed by atoms with Gasteiger partial charge in [-0.3, -0.25) is 15.0 Å². The highest BCUT2D eigenvalue weighted by atomic mass is 16.6. The lowest BCUT2D eigenvalue weighted by Gasteiger charge is -2.38. The lowest BCUT2D eigenvalue weighted by atomic mass is 9.91. The van der Waals surface area contributed by atoms with E-state index in [0.717, 1.165) is 57.7 Å². The molecule has 6 nitrogen and oxygen atoms in total. The smallest absolute Gasteiger partial charge is 0.269 e. The number of non-ortho nitro benzene ring substituents is 1. The van der Waals surface area contributed by atoms with Gasteiger partial charge in [-0.05, 0) is 37.8 Å². The van der Waals surface area contributed by atoms with Crippen LogP contribution in [0.25, 0.3) is 0 Å². The van der Waals surface area contributed by atoms with Gasteiger partial charge in [0, 0.05) is 31.3 Å². The Morgan fingerprint density at radius 2 is 1.73 bits per heavy atom. The molecule has 0 radical (unpaired) electrons. The first-order chi connectivity index (χ1) is 10.7. The van der Waals surface area contributed by atoms with E-state index in [4.69, 9.17) is 9.47 Å². The van der Waals surface area contributed by atoms with Gasteiger partial charge in [0.25, 0.3) is 5.69 Å². The molecule has 0 amide bonds. The molecular formula is C16H22N2O4. The number of nitro benzene ring substituents is 1. The number of nitrogens with zero attached hydrogens (tertiary/aromatic N) is 2. The van der Waals surface area contributed by atoms with E-state index >= 15 is 0 Å². The summed E-state index contributed by atoms with van der Waals surface area (Å²) in [7, 11) is 0. The van der Waals surface area contributed by atoms with Crippen LogP contribution >= 0.6 is 0 Å². The summed E-state index contributed by atoms with van der Waals surface area (Å²) in [5.74, 6) is 0.723. The van der Waals surface area contributed by atoms with Crippen molar-refractivity contribution >= 4 is 5.69 Å². The third-order valence-corrected chi connectivity index (χ3v) is 4.56. The molecule has 1 aliphatic heterocycles. The number of benzene rings is 1. The maximum atomic E-state index is 10.6. The zero-order valence-corrected chi connectivity index (χ0v) is 12.6. The zero-order valence-electron chi connectivity index (χ0n) is 12.6. The molecule has 0 N–H and O–H groups in total. The SMILES string of the molecule is O=[N+]([O-])c1ccc(OC2CCC(N3CCOCC3)CC2)cc1. The Bertz CT molecular complexity index is 491. The van der Waals surface area contributed by atoms with Crippen LogP contribution < -0.4 is 4.74 Å². The predicted octanol–water partition coefficient (Wildman–Crippen LogP) is 2.62. The molecule has 1 aromatic carbocycles. The Hall–Kier alpha value is -1.66. The first-order valence-electron chi connectivity index (χ1n) is 7.95. The second-order valence-electron chi connectivity index (χ2n) is 5.95. The fourth-order valence-electron chi connectivity index (χ4n) is 3.31. The first-order valence-corrected chi connectivity index (χ1v) is 7.95. The molecule has 2 aliphatic rings. The van der Waals surface area contributed by atoms with Crippen LogP contribution in [0.15, 0.2) is 24.3 Å². The maximum absolute atomic E-state index is 10.6. The largest absolute Gasteiger partial charge is 0.490 e. The molecule has 0 bridgehead atoms. The van der Waals surface area contributed by atoms with Crippen LogP contribution in [-0.2, 0) is 4.74 Å². The quantitative estimate of drug-likeness (QED) is 0.632. The third-order valence-electron chi connectivity index (χ3n) is 4.56. The van der Waals surface area contributed by atoms with Crippen molar-refractivity contribution in [2.75, 3.05) is 26.3 Å². The van der Waals surface area contributed by atoms with Crippen molar-refractivity contribution < 1.29 is 14.4 Å². The van der Waals surface area contributed by atoms with Crippen molar-refractivity contribution in [3.8, 4) is 5.75 Å². The number of hydrogen-bond acceptors (Lipinski definition) is 5. The highest BCUT2D eigenvalue weighted by Crippen LogP contribution is 2.28. The van der Waals surface area contributed by atoms with Gasteiger partial charge in [-0.25, -0.2) is 0 Å². The van der Waals surface area contributed by atoms with E-state index < -0.39 is 4.92 Å². The Labute approximate surface area is 130 Å². The number of nitro groups is 1. The van der Waals surface area contributed by atoms with E-state index in [9.17, 15) is 10.1 Å². The van der Waals surface area contributed by atoms with E-state index in [1.54, 1.807) is 12.1 Å². The van der Waals surface area contributed by atoms with E-state index in [0.29, 0.717) is 6.04 Å². The number of hydrogen-bond donors (Lipinski definition) is 0. The molecule has 120 valence electrons. The summed E-state index contributed by atoms with van der Waals surface area (Å²) in [6, 6.07) is 7.02. The summed E-state index contributed by atoms with van der Waals surface area (Å²) < 4.78 is 11.4. The van der Waals surface area contributed by atoms with E-state index in [1.807, 2.05) is 0 Å². The second-order valence-corrected chi connectivity index (χ2v) is 5.95. The fraction of sp³-hybridized carbons (Fsp3) is 0.625. The number of rotatable bonds is 4. The molecule has 6 heteroatoms. The van der Waals surface area contributed by atoms with Gasteiger partial charge in [0.15, 0.2) is 0 Å². The summed E-state index contributed by atoms with van der Waals surface area (Å²) in [6.07, 6.45) is 4.60. The zero-order chi connectivity index (χ0) is 15.4. The monoisotopic (exact) mass is 306 g/mol. The Balaban J connectivity index is 1.48. The molecular weight excluding hydrogens is 284 g/mol. The van der Waals surface area contributed by atoms with Crippen molar-refractivity contribution in [2.24, 2.45) is 0 Å². The lowest BCUT2D eigenvalue weighted by Crippen LogP contribution is -2.46. The number of morpholine rings is 1. The molecule has 0 atom stereocenters. The molecule has 0 aromatic heterocycles. The second kappa shape index (κ2) is 7.07. The van der Waals surface area contributed by atoms with E-state index in [1.165, 1.54) is 12.1 Å². The third kappa shape index (κ3) is 3.75. The summed E-state index contributed by atoms with van der Waals surface area (Å²) in [4.78, 5) is 12.8. The highest BCUT2D eigenvalue weighted by Gasteiger charge is 2.27. The molecule has 1 heterocycles. The van der Waals surface area contributed by atoms with Gasteiger partial charge in [0.05, 0.1) is 24.2 Å². The van der Waals surface area contributed by atoms with Gasteiger partial charge >= 0.3 is 0 Å². The average Bonchev–Trinajstić information content (AvgIpc) is 2.57. The van der Waals surface area contributed by atoms with Crippen molar-refractivity contribution in [3.05, 3.63) is 34.4 Å². The molecule has 1 saturated heterocycles. The molecule has 1 aliphatic carbocycles. The van der Waals surface area contributed by atoms with E-state index in [2.05, 4.69) is 4.90 Å². The van der Waals surface area contributed by atoms with Crippen LogP contribution in [0.1, 0.15) is 25.7 Å². The molecule has 2 fully saturated rings. The van der Waals surface area contributed by atoms with Gasteiger partial charge in [-0.1, -0.05) is 0 Å². The van der Waals surface area contributed by atoms with Crippen LogP contribution in [0.4, 0.5) is 5.69 Å². The lowest BCUT2D eigenvalue weighted by molar-refractivity contribution is -0.384. The molecule has 22 heavy (non-hydrogen) atoms. The molecule has 3 rings (SSSR count). The molecule has 1 saturated carbocycles. The normalized spacial score (nSPS) is 26.5. The summed E-state index contributed by atoms with van der Waals surface area (Å²) in [5, 5.41) is 10.6. The predicted molar refractivity (Wildman–Crippen MR) is 82.2 cm³/mol. The average molecular weight is 306 g/mol. The molecule has 1 aromatic rings. The van der Waals surface area contributed by atoms with Crippen LogP contribution in [0.3, 0.4) is 0 Å². The van der Waals surface area contributed by atoms with Gasteiger partial charge in [0.1, 0.15) is 5.75 Å². The van der Waals surface area contributed by atoms with Crippen molar-refractivity contribution in [2.45, 2.75) is 37.8 Å². The minimum atomic E-state index is -0.392. The highest BCUT2D eigenvalue weighted by molar-refractivity contribution is 5.36. The van der Waals surface area contributed by atoms with Gasteiger partial charge in [-0.15, -0.1) is 0 Å². The number of ether oxygens (including phenoxy) is 2. The van der Waals surface area contributed by atoms with Crippen LogP contribution in [-0.4, -0.2) is 48.3 Å². The van der Waals surface area contributed by atoms with Crippen molar-refractivity contribution in [3.63, 3.8) is 0 Å². The Morgan fingerprint density at radius 3 is 2.32 bits per heavy atom. The van der Waals surface area contributed by atoms with Gasteiger partial charge < -0.3 is 9.47 Å². The summed E-state index contributed by atoms with van der Waals surface area (Å²) >= 11 is 0. The summed E-state index contributed by atoms with van der Waals surface area (Å²) in [5.41, 5.74) is 0.100. The minimum absolute atomic E-state index is 0.100. The van der Waals surface area contributed by atoms with Crippen LogP contribution in [0.2, 0.25) is 0 Å². The van der Waals surface area contributed by atoms with Gasteiger partial charge in [-0.2, -0.15) is 0 Å². The fourth-order valence-corrected chi connectivity index (χ4v) is 3.31. The molecule has 0 unspecified atom stereocenters.